The predicted molar refractivity (Wildman–Crippen MR) is 63.2 cm³/mol. The summed E-state index contributed by atoms with van der Waals surface area (Å²) in [6.07, 6.45) is 2.48. The van der Waals surface area contributed by atoms with Gasteiger partial charge >= 0.3 is 0 Å². The number of rotatable bonds is 4. The van der Waals surface area contributed by atoms with Gasteiger partial charge in [0, 0.05) is 5.69 Å². The zero-order valence-electron chi connectivity index (χ0n) is 9.49. The highest BCUT2D eigenvalue weighted by Gasteiger charge is 2.49. The molecule has 1 saturated carbocycles. The molecule has 2 N–H and O–H groups in total. The molecule has 0 aliphatic heterocycles. The van der Waals surface area contributed by atoms with Gasteiger partial charge < -0.3 is 10.4 Å². The second kappa shape index (κ2) is 4.26. The molecule has 2 rings (SSSR count). The Labute approximate surface area is 95.5 Å². The lowest BCUT2D eigenvalue weighted by Crippen LogP contribution is -2.27. The molecule has 0 atom stereocenters. The molecule has 0 heterocycles. The Bertz CT molecular complexity index is 397. The molecular weight excluding hydrogens is 202 g/mol. The fourth-order valence-corrected chi connectivity index (χ4v) is 1.81. The summed E-state index contributed by atoms with van der Waals surface area (Å²) in [5.74, 6) is -0.0455. The van der Waals surface area contributed by atoms with Gasteiger partial charge in [-0.1, -0.05) is 25.1 Å². The van der Waals surface area contributed by atoms with Gasteiger partial charge in [0.25, 0.3) is 0 Å². The number of hydrogen-bond acceptors (Lipinski definition) is 2. The summed E-state index contributed by atoms with van der Waals surface area (Å²) >= 11 is 0. The maximum absolute atomic E-state index is 11.9. The average Bonchev–Trinajstić information content (AvgIpc) is 3.10. The summed E-state index contributed by atoms with van der Waals surface area (Å²) in [6.45, 7) is 2.01. The Morgan fingerprint density at radius 1 is 1.44 bits per heavy atom. The zero-order valence-corrected chi connectivity index (χ0v) is 9.49. The van der Waals surface area contributed by atoms with E-state index in [9.17, 15) is 9.90 Å². The van der Waals surface area contributed by atoms with E-state index in [0.29, 0.717) is 0 Å². The van der Waals surface area contributed by atoms with Gasteiger partial charge in [-0.2, -0.15) is 0 Å². The van der Waals surface area contributed by atoms with E-state index in [-0.39, 0.29) is 12.5 Å². The maximum Gasteiger partial charge on any atom is 0.232 e. The maximum atomic E-state index is 11.9. The third kappa shape index (κ3) is 1.95. The standard InChI is InChI=1S/C13H17NO2/c1-2-10-5-3-4-6-11(10)14-12(16)13(9-15)7-8-13/h3-6,15H,2,7-9H2,1H3,(H,14,16). The number of aryl methyl sites for hydroxylation is 1. The first-order valence-electron chi connectivity index (χ1n) is 5.72. The van der Waals surface area contributed by atoms with Gasteiger partial charge in [-0.3, -0.25) is 4.79 Å². The van der Waals surface area contributed by atoms with E-state index in [1.165, 1.54) is 0 Å². The number of para-hydroxylation sites is 1. The van der Waals surface area contributed by atoms with E-state index in [4.69, 9.17) is 0 Å². The minimum Gasteiger partial charge on any atom is -0.395 e. The lowest BCUT2D eigenvalue weighted by Gasteiger charge is -2.14. The summed E-state index contributed by atoms with van der Waals surface area (Å²) in [4.78, 5) is 11.9. The summed E-state index contributed by atoms with van der Waals surface area (Å²) in [7, 11) is 0. The van der Waals surface area contributed by atoms with Gasteiger partial charge in [0.1, 0.15) is 0 Å². The van der Waals surface area contributed by atoms with Crippen molar-refractivity contribution in [2.45, 2.75) is 26.2 Å². The largest absolute Gasteiger partial charge is 0.395 e. The summed E-state index contributed by atoms with van der Waals surface area (Å²) < 4.78 is 0. The number of amides is 1. The van der Waals surface area contributed by atoms with Gasteiger partial charge in [-0.15, -0.1) is 0 Å². The monoisotopic (exact) mass is 219 g/mol. The van der Waals surface area contributed by atoms with Crippen LogP contribution in [-0.4, -0.2) is 17.6 Å². The fourth-order valence-electron chi connectivity index (χ4n) is 1.81. The molecular formula is C13H17NO2. The van der Waals surface area contributed by atoms with Crippen LogP contribution in [0.5, 0.6) is 0 Å². The van der Waals surface area contributed by atoms with Crippen molar-refractivity contribution in [1.29, 1.82) is 0 Å². The molecule has 1 amide bonds. The number of benzene rings is 1. The Hall–Kier alpha value is -1.35. The highest BCUT2D eigenvalue weighted by atomic mass is 16.3. The number of carbonyl (C=O) groups excluding carboxylic acids is 1. The van der Waals surface area contributed by atoms with Crippen LogP contribution >= 0.6 is 0 Å². The van der Waals surface area contributed by atoms with Crippen LogP contribution in [0.15, 0.2) is 24.3 Å². The SMILES string of the molecule is CCc1ccccc1NC(=O)C1(CO)CC1. The van der Waals surface area contributed by atoms with Crippen molar-refractivity contribution >= 4 is 11.6 Å². The van der Waals surface area contributed by atoms with Gasteiger partial charge in [0.2, 0.25) is 5.91 Å². The first kappa shape index (κ1) is 11.1. The molecule has 1 aliphatic rings. The molecule has 86 valence electrons. The first-order chi connectivity index (χ1) is 7.72. The van der Waals surface area contributed by atoms with Crippen molar-refractivity contribution < 1.29 is 9.90 Å². The lowest BCUT2D eigenvalue weighted by atomic mass is 10.1. The van der Waals surface area contributed by atoms with Crippen molar-refractivity contribution in [2.24, 2.45) is 5.41 Å². The van der Waals surface area contributed by atoms with Crippen molar-refractivity contribution in [2.75, 3.05) is 11.9 Å². The van der Waals surface area contributed by atoms with E-state index in [1.807, 2.05) is 24.3 Å². The molecule has 3 heteroatoms. The van der Waals surface area contributed by atoms with Gasteiger partial charge in [-0.25, -0.2) is 0 Å². The van der Waals surface area contributed by atoms with Crippen molar-refractivity contribution in [3.63, 3.8) is 0 Å². The van der Waals surface area contributed by atoms with Crippen molar-refractivity contribution in [3.8, 4) is 0 Å². The normalized spacial score (nSPS) is 16.9. The molecule has 0 bridgehead atoms. The van der Waals surface area contributed by atoms with Gasteiger partial charge in [-0.05, 0) is 30.9 Å². The number of aliphatic hydroxyl groups excluding tert-OH is 1. The molecule has 1 aromatic rings. The van der Waals surface area contributed by atoms with Crippen LogP contribution in [0.2, 0.25) is 0 Å². The number of hydrogen-bond donors (Lipinski definition) is 2. The van der Waals surface area contributed by atoms with E-state index in [2.05, 4.69) is 12.2 Å². The topological polar surface area (TPSA) is 49.3 Å². The summed E-state index contributed by atoms with van der Waals surface area (Å²) in [5, 5.41) is 12.1. The molecule has 3 nitrogen and oxygen atoms in total. The molecule has 0 aromatic heterocycles. The van der Waals surface area contributed by atoms with Crippen molar-refractivity contribution in [3.05, 3.63) is 29.8 Å². The fraction of sp³-hybridized carbons (Fsp3) is 0.462. The van der Waals surface area contributed by atoms with E-state index in [1.54, 1.807) is 0 Å². The predicted octanol–water partition coefficient (Wildman–Crippen LogP) is 1.96. The second-order valence-corrected chi connectivity index (χ2v) is 4.40. The Morgan fingerprint density at radius 2 is 2.12 bits per heavy atom. The number of anilines is 1. The molecule has 1 aromatic carbocycles. The highest BCUT2D eigenvalue weighted by molar-refractivity contribution is 5.97. The van der Waals surface area contributed by atoms with Crippen LogP contribution < -0.4 is 5.32 Å². The molecule has 0 radical (unpaired) electrons. The molecule has 0 saturated heterocycles. The number of nitrogens with one attached hydrogen (secondary N) is 1. The van der Waals surface area contributed by atoms with Crippen LogP contribution in [0.1, 0.15) is 25.3 Å². The third-order valence-electron chi connectivity index (χ3n) is 3.28. The van der Waals surface area contributed by atoms with Crippen LogP contribution in [0, 0.1) is 5.41 Å². The Balaban J connectivity index is 2.12. The van der Waals surface area contributed by atoms with E-state index >= 15 is 0 Å². The molecule has 0 unspecified atom stereocenters. The van der Waals surface area contributed by atoms with Crippen LogP contribution in [-0.2, 0) is 11.2 Å². The molecule has 1 fully saturated rings. The molecule has 16 heavy (non-hydrogen) atoms. The quantitative estimate of drug-likeness (QED) is 0.813. The summed E-state index contributed by atoms with van der Waals surface area (Å²) in [6, 6.07) is 7.79. The first-order valence-corrected chi connectivity index (χ1v) is 5.72. The van der Waals surface area contributed by atoms with E-state index in [0.717, 1.165) is 30.5 Å². The smallest absolute Gasteiger partial charge is 0.232 e. The Kier molecular flexibility index (Phi) is 2.97. The van der Waals surface area contributed by atoms with Crippen molar-refractivity contribution in [1.82, 2.24) is 0 Å². The minimum atomic E-state index is -0.499. The van der Waals surface area contributed by atoms with Gasteiger partial charge in [0.05, 0.1) is 12.0 Å². The average molecular weight is 219 g/mol. The molecule has 1 aliphatic carbocycles. The van der Waals surface area contributed by atoms with Crippen LogP contribution in [0.25, 0.3) is 0 Å². The van der Waals surface area contributed by atoms with Crippen LogP contribution in [0.4, 0.5) is 5.69 Å². The highest BCUT2D eigenvalue weighted by Crippen LogP contribution is 2.46. The summed E-state index contributed by atoms with van der Waals surface area (Å²) in [5.41, 5.74) is 1.50. The van der Waals surface area contributed by atoms with E-state index < -0.39 is 5.41 Å². The lowest BCUT2D eigenvalue weighted by molar-refractivity contribution is -0.122. The zero-order chi connectivity index (χ0) is 11.6. The minimum absolute atomic E-state index is 0.0455. The third-order valence-corrected chi connectivity index (χ3v) is 3.28. The number of carbonyl (C=O) groups is 1. The Morgan fingerprint density at radius 3 is 2.69 bits per heavy atom. The van der Waals surface area contributed by atoms with Crippen LogP contribution in [0.3, 0.4) is 0 Å². The van der Waals surface area contributed by atoms with Gasteiger partial charge in [0.15, 0.2) is 0 Å². The molecule has 0 spiro atoms. The number of aliphatic hydroxyl groups is 1. The second-order valence-electron chi connectivity index (χ2n) is 4.40.